The van der Waals surface area contributed by atoms with Crippen molar-refractivity contribution in [1.29, 1.82) is 0 Å². The molecule has 152 valence electrons. The molecule has 0 atom stereocenters. The standard InChI is InChI=1S/C32H24/c1-4-13-26(14-5-1)32(27-15-6-2-7-16-27,28-17-8-3-9-18-28)29-20-21-31-25(23-29)22-24-12-10-11-19-30(24)31/h1-21,23H,22H2. The van der Waals surface area contributed by atoms with E-state index in [1.165, 1.54) is 44.5 Å². The highest BCUT2D eigenvalue weighted by Crippen LogP contribution is 2.47. The van der Waals surface area contributed by atoms with Crippen molar-refractivity contribution < 1.29 is 0 Å². The highest BCUT2D eigenvalue weighted by Gasteiger charge is 2.38. The molecule has 5 aromatic carbocycles. The summed E-state index contributed by atoms with van der Waals surface area (Å²) in [4.78, 5) is 0. The first kappa shape index (κ1) is 18.8. The zero-order valence-electron chi connectivity index (χ0n) is 17.9. The first-order chi connectivity index (χ1) is 15.9. The molecular formula is C32H24. The Morgan fingerprint density at radius 3 is 1.41 bits per heavy atom. The van der Waals surface area contributed by atoms with Crippen molar-refractivity contribution in [3.8, 4) is 11.1 Å². The number of rotatable bonds is 4. The van der Waals surface area contributed by atoms with Crippen molar-refractivity contribution in [2.45, 2.75) is 11.8 Å². The van der Waals surface area contributed by atoms with Crippen molar-refractivity contribution in [1.82, 2.24) is 0 Å². The maximum absolute atomic E-state index is 2.45. The van der Waals surface area contributed by atoms with E-state index in [1.54, 1.807) is 0 Å². The van der Waals surface area contributed by atoms with Crippen LogP contribution in [0.5, 0.6) is 0 Å². The summed E-state index contributed by atoms with van der Waals surface area (Å²) in [5.74, 6) is 0. The molecule has 0 fully saturated rings. The Balaban J connectivity index is 1.66. The second kappa shape index (κ2) is 7.66. The van der Waals surface area contributed by atoms with Crippen molar-refractivity contribution in [2.75, 3.05) is 0 Å². The second-order valence-electron chi connectivity index (χ2n) is 8.55. The summed E-state index contributed by atoms with van der Waals surface area (Å²) in [6.45, 7) is 0. The molecular weight excluding hydrogens is 384 g/mol. The molecule has 0 nitrogen and oxygen atoms in total. The maximum Gasteiger partial charge on any atom is 0.0701 e. The molecule has 0 aromatic heterocycles. The Morgan fingerprint density at radius 1 is 0.375 bits per heavy atom. The molecule has 0 heteroatoms. The van der Waals surface area contributed by atoms with Crippen LogP contribution in [-0.4, -0.2) is 0 Å². The third-order valence-electron chi connectivity index (χ3n) is 6.85. The Hall–Kier alpha value is -3.90. The van der Waals surface area contributed by atoms with Gasteiger partial charge in [0.25, 0.3) is 0 Å². The lowest BCUT2D eigenvalue weighted by atomic mass is 9.65. The Labute approximate surface area is 189 Å². The molecule has 6 rings (SSSR count). The van der Waals surface area contributed by atoms with Crippen LogP contribution in [0.4, 0.5) is 0 Å². The van der Waals surface area contributed by atoms with E-state index in [2.05, 4.69) is 133 Å². The van der Waals surface area contributed by atoms with Gasteiger partial charge in [0.1, 0.15) is 0 Å². The van der Waals surface area contributed by atoms with Crippen LogP contribution in [0.15, 0.2) is 133 Å². The molecule has 0 radical (unpaired) electrons. The lowest BCUT2D eigenvalue weighted by Crippen LogP contribution is -2.31. The third-order valence-corrected chi connectivity index (χ3v) is 6.85. The van der Waals surface area contributed by atoms with E-state index in [-0.39, 0.29) is 5.41 Å². The lowest BCUT2D eigenvalue weighted by Gasteiger charge is -2.37. The zero-order valence-corrected chi connectivity index (χ0v) is 17.9. The van der Waals surface area contributed by atoms with Crippen LogP contribution >= 0.6 is 0 Å². The van der Waals surface area contributed by atoms with Crippen LogP contribution in [0, 0.1) is 0 Å². The minimum Gasteiger partial charge on any atom is -0.0622 e. The Bertz CT molecular complexity index is 1270. The van der Waals surface area contributed by atoms with Gasteiger partial charge in [-0.15, -0.1) is 0 Å². The predicted molar refractivity (Wildman–Crippen MR) is 133 cm³/mol. The molecule has 0 spiro atoms. The van der Waals surface area contributed by atoms with Crippen LogP contribution in [0.3, 0.4) is 0 Å². The van der Waals surface area contributed by atoms with Crippen LogP contribution in [0.2, 0.25) is 0 Å². The molecule has 1 aliphatic carbocycles. The van der Waals surface area contributed by atoms with Gasteiger partial charge in [0.05, 0.1) is 5.41 Å². The topological polar surface area (TPSA) is 0 Å². The van der Waals surface area contributed by atoms with Crippen molar-refractivity contribution in [3.63, 3.8) is 0 Å². The summed E-state index contributed by atoms with van der Waals surface area (Å²) in [6.07, 6.45) is 0.994. The molecule has 1 aliphatic rings. The van der Waals surface area contributed by atoms with Gasteiger partial charge in [-0.1, -0.05) is 133 Å². The number of hydrogen-bond acceptors (Lipinski definition) is 0. The van der Waals surface area contributed by atoms with Gasteiger partial charge in [0, 0.05) is 0 Å². The summed E-state index contributed by atoms with van der Waals surface area (Å²) in [5.41, 5.74) is 10.4. The molecule has 5 aromatic rings. The Kier molecular flexibility index (Phi) is 4.51. The van der Waals surface area contributed by atoms with E-state index in [0.717, 1.165) is 6.42 Å². The summed E-state index contributed by atoms with van der Waals surface area (Å²) in [7, 11) is 0. The van der Waals surface area contributed by atoms with Crippen LogP contribution < -0.4 is 0 Å². The van der Waals surface area contributed by atoms with Crippen LogP contribution in [0.1, 0.15) is 33.4 Å². The van der Waals surface area contributed by atoms with Gasteiger partial charge in [-0.05, 0) is 50.9 Å². The summed E-state index contributed by atoms with van der Waals surface area (Å²) in [6, 6.07) is 48.7. The molecule has 0 saturated carbocycles. The number of fused-ring (bicyclic) bond motifs is 3. The van der Waals surface area contributed by atoms with Crippen LogP contribution in [-0.2, 0) is 11.8 Å². The average Bonchev–Trinajstić information content (AvgIpc) is 3.25. The number of benzene rings is 5. The summed E-state index contributed by atoms with van der Waals surface area (Å²) < 4.78 is 0. The van der Waals surface area contributed by atoms with Crippen molar-refractivity contribution >= 4 is 0 Å². The van der Waals surface area contributed by atoms with Gasteiger partial charge in [-0.25, -0.2) is 0 Å². The van der Waals surface area contributed by atoms with Crippen molar-refractivity contribution in [2.24, 2.45) is 0 Å². The molecule has 0 heterocycles. The number of hydrogen-bond donors (Lipinski definition) is 0. The highest BCUT2D eigenvalue weighted by molar-refractivity contribution is 5.78. The van der Waals surface area contributed by atoms with E-state index < -0.39 is 0 Å². The lowest BCUT2D eigenvalue weighted by molar-refractivity contribution is 0.744. The SMILES string of the molecule is c1ccc(C(c2ccccc2)(c2ccccc2)c2ccc3c(c2)Cc2ccccc2-3)cc1. The molecule has 0 saturated heterocycles. The summed E-state index contributed by atoms with van der Waals surface area (Å²) in [5, 5.41) is 0. The minimum absolute atomic E-state index is 0.381. The first-order valence-electron chi connectivity index (χ1n) is 11.3. The van der Waals surface area contributed by atoms with Crippen LogP contribution in [0.25, 0.3) is 11.1 Å². The van der Waals surface area contributed by atoms with Gasteiger partial charge in [0.2, 0.25) is 0 Å². The predicted octanol–water partition coefficient (Wildman–Crippen LogP) is 7.64. The Morgan fingerprint density at radius 2 is 0.844 bits per heavy atom. The molecule has 0 unspecified atom stereocenters. The molecule has 0 N–H and O–H groups in total. The molecule has 32 heavy (non-hydrogen) atoms. The van der Waals surface area contributed by atoms with E-state index >= 15 is 0 Å². The minimum atomic E-state index is -0.381. The average molecular weight is 409 g/mol. The normalized spacial score (nSPS) is 12.2. The van der Waals surface area contributed by atoms with E-state index in [1.807, 2.05) is 0 Å². The van der Waals surface area contributed by atoms with Gasteiger partial charge in [0.15, 0.2) is 0 Å². The largest absolute Gasteiger partial charge is 0.0701 e. The molecule has 0 amide bonds. The van der Waals surface area contributed by atoms with E-state index in [0.29, 0.717) is 0 Å². The third kappa shape index (κ3) is 2.84. The van der Waals surface area contributed by atoms with Crippen molar-refractivity contribution in [3.05, 3.63) is 167 Å². The fourth-order valence-corrected chi connectivity index (χ4v) is 5.44. The molecule has 0 aliphatic heterocycles. The first-order valence-corrected chi connectivity index (χ1v) is 11.3. The monoisotopic (exact) mass is 408 g/mol. The summed E-state index contributed by atoms with van der Waals surface area (Å²) >= 11 is 0. The maximum atomic E-state index is 2.45. The molecule has 0 bridgehead atoms. The van der Waals surface area contributed by atoms with E-state index in [9.17, 15) is 0 Å². The van der Waals surface area contributed by atoms with Gasteiger partial charge >= 0.3 is 0 Å². The fraction of sp³-hybridized carbons (Fsp3) is 0.0625. The van der Waals surface area contributed by atoms with Gasteiger partial charge in [-0.3, -0.25) is 0 Å². The van der Waals surface area contributed by atoms with E-state index in [4.69, 9.17) is 0 Å². The van der Waals surface area contributed by atoms with Gasteiger partial charge in [-0.2, -0.15) is 0 Å². The zero-order chi connectivity index (χ0) is 21.4. The second-order valence-corrected chi connectivity index (χ2v) is 8.55. The fourth-order valence-electron chi connectivity index (χ4n) is 5.44. The quantitative estimate of drug-likeness (QED) is 0.263. The highest BCUT2D eigenvalue weighted by atomic mass is 14.4. The van der Waals surface area contributed by atoms with Gasteiger partial charge < -0.3 is 0 Å². The smallest absolute Gasteiger partial charge is 0.0622 e.